The summed E-state index contributed by atoms with van der Waals surface area (Å²) in [6, 6.07) is 15.6. The summed E-state index contributed by atoms with van der Waals surface area (Å²) in [5, 5.41) is 9.53. The van der Waals surface area contributed by atoms with Crippen LogP contribution in [0.25, 0.3) is 21.9 Å². The average molecular weight is 541 g/mol. The molecule has 0 atom stereocenters. The first kappa shape index (κ1) is 26.4. The number of hydrogen-bond donors (Lipinski definition) is 1. The van der Waals surface area contributed by atoms with Crippen LogP contribution in [0.4, 0.5) is 5.82 Å². The second-order valence-corrected chi connectivity index (χ2v) is 10.8. The van der Waals surface area contributed by atoms with Gasteiger partial charge in [0.25, 0.3) is 5.91 Å². The number of ether oxygens (including phenoxy) is 2. The molecule has 2 aliphatic heterocycles. The quantitative estimate of drug-likeness (QED) is 0.376. The van der Waals surface area contributed by atoms with E-state index < -0.39 is 0 Å². The number of aryl methyl sites for hydroxylation is 1. The zero-order valence-electron chi connectivity index (χ0n) is 23.2. The Hall–Kier alpha value is -3.79. The Morgan fingerprint density at radius 3 is 2.65 bits per heavy atom. The maximum Gasteiger partial charge on any atom is 0.256 e. The van der Waals surface area contributed by atoms with Crippen LogP contribution in [0.15, 0.2) is 60.9 Å². The van der Waals surface area contributed by atoms with Crippen molar-refractivity contribution in [1.82, 2.24) is 24.6 Å². The van der Waals surface area contributed by atoms with Gasteiger partial charge in [-0.2, -0.15) is 5.10 Å². The van der Waals surface area contributed by atoms with Gasteiger partial charge in [-0.15, -0.1) is 0 Å². The van der Waals surface area contributed by atoms with Crippen LogP contribution < -0.4 is 10.1 Å². The van der Waals surface area contributed by atoms with Crippen LogP contribution in [0.2, 0.25) is 0 Å². The third-order valence-electron chi connectivity index (χ3n) is 7.88. The van der Waals surface area contributed by atoms with Crippen molar-refractivity contribution >= 4 is 22.5 Å². The fraction of sp³-hybridized carbons (Fsp3) is 0.387. The summed E-state index contributed by atoms with van der Waals surface area (Å²) in [6.45, 7) is 6.24. The highest BCUT2D eigenvalue weighted by Gasteiger charge is 2.19. The molecule has 6 rings (SSSR count). The molecule has 2 aromatic carbocycles. The molecule has 1 amide bonds. The summed E-state index contributed by atoms with van der Waals surface area (Å²) in [6.07, 6.45) is 5.89. The maximum absolute atomic E-state index is 13.1. The van der Waals surface area contributed by atoms with E-state index in [1.165, 1.54) is 5.69 Å². The number of nitrogens with one attached hydrogen (secondary N) is 1. The molecule has 0 aliphatic carbocycles. The van der Waals surface area contributed by atoms with E-state index in [1.54, 1.807) is 12.3 Å². The fourth-order valence-corrected chi connectivity index (χ4v) is 5.43. The van der Waals surface area contributed by atoms with E-state index in [9.17, 15) is 4.79 Å². The molecule has 1 N–H and O–H groups in total. The van der Waals surface area contributed by atoms with E-state index in [2.05, 4.69) is 50.4 Å². The summed E-state index contributed by atoms with van der Waals surface area (Å²) < 4.78 is 13.6. The van der Waals surface area contributed by atoms with Gasteiger partial charge in [-0.05, 0) is 61.2 Å². The Labute approximate surface area is 234 Å². The fourth-order valence-electron chi connectivity index (χ4n) is 5.43. The normalized spacial score (nSPS) is 17.2. The highest BCUT2D eigenvalue weighted by atomic mass is 16.5. The number of pyridine rings is 1. The molecule has 0 spiro atoms. The van der Waals surface area contributed by atoms with Crippen LogP contribution in [-0.4, -0.2) is 83.0 Å². The zero-order chi connectivity index (χ0) is 27.5. The van der Waals surface area contributed by atoms with Gasteiger partial charge in [0.2, 0.25) is 0 Å². The number of likely N-dealkylation sites (tertiary alicyclic amines) is 1. The highest BCUT2D eigenvalue weighted by Crippen LogP contribution is 2.29. The van der Waals surface area contributed by atoms with Gasteiger partial charge in [0, 0.05) is 62.5 Å². The van der Waals surface area contributed by atoms with E-state index in [1.807, 2.05) is 42.2 Å². The summed E-state index contributed by atoms with van der Waals surface area (Å²) in [5.41, 5.74) is 3.92. The lowest BCUT2D eigenvalue weighted by atomic mass is 10.0. The topological polar surface area (TPSA) is 84.8 Å². The summed E-state index contributed by atoms with van der Waals surface area (Å²) in [5.74, 6) is 1.02. The molecular weight excluding hydrogens is 504 g/mol. The Balaban J connectivity index is 1.18. The molecule has 2 aromatic heterocycles. The third-order valence-corrected chi connectivity index (χ3v) is 7.88. The zero-order valence-corrected chi connectivity index (χ0v) is 23.2. The molecule has 0 radical (unpaired) electrons. The molecule has 0 saturated carbocycles. The molecule has 9 heteroatoms. The lowest BCUT2D eigenvalue weighted by molar-refractivity contribution is 0.0332. The molecule has 0 unspecified atom stereocenters. The summed E-state index contributed by atoms with van der Waals surface area (Å²) >= 11 is 0. The van der Waals surface area contributed by atoms with E-state index in [4.69, 9.17) is 9.47 Å². The van der Waals surface area contributed by atoms with Gasteiger partial charge in [0.1, 0.15) is 17.7 Å². The third kappa shape index (κ3) is 6.01. The predicted molar refractivity (Wildman–Crippen MR) is 156 cm³/mol. The van der Waals surface area contributed by atoms with Crippen LogP contribution in [0, 0.1) is 0 Å². The molecule has 2 fully saturated rings. The lowest BCUT2D eigenvalue weighted by Crippen LogP contribution is -2.36. The van der Waals surface area contributed by atoms with E-state index in [-0.39, 0.29) is 12.0 Å². The van der Waals surface area contributed by atoms with Crippen molar-refractivity contribution in [3.63, 3.8) is 0 Å². The smallest absolute Gasteiger partial charge is 0.256 e. The van der Waals surface area contributed by atoms with Gasteiger partial charge >= 0.3 is 0 Å². The molecule has 2 saturated heterocycles. The van der Waals surface area contributed by atoms with Crippen molar-refractivity contribution in [3.8, 4) is 16.9 Å². The molecule has 9 nitrogen and oxygen atoms in total. The predicted octanol–water partition coefficient (Wildman–Crippen LogP) is 4.19. The van der Waals surface area contributed by atoms with Crippen molar-refractivity contribution in [3.05, 3.63) is 72.2 Å². The van der Waals surface area contributed by atoms with E-state index in [0.29, 0.717) is 11.4 Å². The number of anilines is 1. The van der Waals surface area contributed by atoms with Crippen LogP contribution >= 0.6 is 0 Å². The monoisotopic (exact) mass is 540 g/mol. The second-order valence-electron chi connectivity index (χ2n) is 10.8. The van der Waals surface area contributed by atoms with Gasteiger partial charge in [-0.3, -0.25) is 14.4 Å². The van der Waals surface area contributed by atoms with Gasteiger partial charge in [0.15, 0.2) is 0 Å². The number of piperidine rings is 1. The molecule has 2 aliphatic rings. The summed E-state index contributed by atoms with van der Waals surface area (Å²) in [4.78, 5) is 22.3. The minimum atomic E-state index is -0.211. The van der Waals surface area contributed by atoms with Crippen molar-refractivity contribution in [2.24, 2.45) is 7.05 Å². The van der Waals surface area contributed by atoms with Crippen LogP contribution in [0.1, 0.15) is 28.9 Å². The van der Waals surface area contributed by atoms with Crippen molar-refractivity contribution in [2.75, 3.05) is 51.8 Å². The highest BCUT2D eigenvalue weighted by molar-refractivity contribution is 6.04. The molecule has 0 bridgehead atoms. The molecule has 40 heavy (non-hydrogen) atoms. The van der Waals surface area contributed by atoms with Crippen LogP contribution in [0.5, 0.6) is 5.75 Å². The molecule has 4 aromatic rings. The first-order chi connectivity index (χ1) is 19.5. The number of carbonyl (C=O) groups is 1. The van der Waals surface area contributed by atoms with Crippen molar-refractivity contribution in [1.29, 1.82) is 0 Å². The number of carbonyl (C=O) groups excluding carboxylic acids is 1. The largest absolute Gasteiger partial charge is 0.490 e. The number of benzene rings is 2. The van der Waals surface area contributed by atoms with E-state index >= 15 is 0 Å². The first-order valence-corrected chi connectivity index (χ1v) is 14.0. The number of rotatable bonds is 7. The standard InChI is InChI=1S/C31H36N6O3/c1-35-10-8-26(9-11-35)40-27-5-3-4-23(17-27)31(38)34-30-18-25-16-22(6-7-24(25)19-32-30)28-20-33-36(2)29(28)21-37-12-14-39-15-13-37/h3-7,16-20,26H,8-15,21H2,1-2H3,(H,32,34,38). The maximum atomic E-state index is 13.1. The minimum Gasteiger partial charge on any atom is -0.490 e. The molecule has 4 heterocycles. The van der Waals surface area contributed by atoms with Gasteiger partial charge < -0.3 is 19.7 Å². The van der Waals surface area contributed by atoms with Crippen LogP contribution in [-0.2, 0) is 18.3 Å². The Morgan fingerprint density at radius 2 is 1.82 bits per heavy atom. The number of nitrogens with zero attached hydrogens (tertiary/aromatic N) is 5. The first-order valence-electron chi connectivity index (χ1n) is 14.0. The van der Waals surface area contributed by atoms with E-state index in [0.717, 1.165) is 86.4 Å². The average Bonchev–Trinajstić information content (AvgIpc) is 3.34. The van der Waals surface area contributed by atoms with Gasteiger partial charge in [0.05, 0.1) is 25.1 Å². The molecular formula is C31H36N6O3. The Morgan fingerprint density at radius 1 is 1.00 bits per heavy atom. The van der Waals surface area contributed by atoms with Crippen molar-refractivity contribution < 1.29 is 14.3 Å². The second kappa shape index (κ2) is 11.8. The van der Waals surface area contributed by atoms with Gasteiger partial charge in [-0.1, -0.05) is 18.2 Å². The minimum absolute atomic E-state index is 0.181. The lowest BCUT2D eigenvalue weighted by Gasteiger charge is -2.29. The SMILES string of the molecule is CN1CCC(Oc2cccc(C(=O)Nc3cc4cc(-c5cnn(C)c5CN5CCOCC5)ccc4cn3)c2)CC1. The van der Waals surface area contributed by atoms with Crippen molar-refractivity contribution in [2.45, 2.75) is 25.5 Å². The summed E-state index contributed by atoms with van der Waals surface area (Å²) in [7, 11) is 4.12. The number of aromatic nitrogens is 3. The number of fused-ring (bicyclic) bond motifs is 1. The number of morpholine rings is 1. The van der Waals surface area contributed by atoms with Gasteiger partial charge in [-0.25, -0.2) is 4.98 Å². The Kier molecular flexibility index (Phi) is 7.77. The number of hydrogen-bond acceptors (Lipinski definition) is 7. The number of amides is 1. The van der Waals surface area contributed by atoms with Crippen LogP contribution in [0.3, 0.4) is 0 Å². The Bertz CT molecular complexity index is 1490. The molecule has 208 valence electrons.